The first-order valence-electron chi connectivity index (χ1n) is 5.92. The van der Waals surface area contributed by atoms with E-state index in [1.54, 1.807) is 18.2 Å². The average Bonchev–Trinajstić information content (AvgIpc) is 2.33. The molecule has 0 saturated carbocycles. The van der Waals surface area contributed by atoms with Gasteiger partial charge >= 0.3 is 0 Å². The monoisotopic (exact) mass is 235 g/mol. The van der Waals surface area contributed by atoms with Crippen LogP contribution in [0.3, 0.4) is 0 Å². The van der Waals surface area contributed by atoms with E-state index in [0.717, 1.165) is 25.9 Å². The van der Waals surface area contributed by atoms with Gasteiger partial charge in [0.2, 0.25) is 0 Å². The van der Waals surface area contributed by atoms with Crippen molar-refractivity contribution in [2.24, 2.45) is 16.1 Å². The number of nitrogens with two attached hydrogens (primary N) is 1. The summed E-state index contributed by atoms with van der Waals surface area (Å²) in [6.07, 6.45) is 1.88. The highest BCUT2D eigenvalue weighted by atomic mass is 19.1. The fraction of sp³-hybridized carbons (Fsp3) is 0.462. The summed E-state index contributed by atoms with van der Waals surface area (Å²) in [6.45, 7) is 3.96. The summed E-state index contributed by atoms with van der Waals surface area (Å²) in [5.41, 5.74) is 6.25. The molecule has 0 unspecified atom stereocenters. The highest BCUT2D eigenvalue weighted by molar-refractivity contribution is 5.88. The van der Waals surface area contributed by atoms with Crippen LogP contribution < -0.4 is 11.1 Å². The normalized spacial score (nSPS) is 20.2. The van der Waals surface area contributed by atoms with Crippen molar-refractivity contribution in [2.45, 2.75) is 19.8 Å². The molecule has 17 heavy (non-hydrogen) atoms. The van der Waals surface area contributed by atoms with Gasteiger partial charge in [-0.2, -0.15) is 0 Å². The van der Waals surface area contributed by atoms with Crippen molar-refractivity contribution in [3.63, 3.8) is 0 Å². The van der Waals surface area contributed by atoms with Crippen molar-refractivity contribution in [3.05, 3.63) is 30.1 Å². The Labute approximate surface area is 101 Å². The van der Waals surface area contributed by atoms with Crippen LogP contribution in [0.1, 0.15) is 19.8 Å². The summed E-state index contributed by atoms with van der Waals surface area (Å²) in [5.74, 6) is 0.206. The third-order valence-corrected chi connectivity index (χ3v) is 3.42. The molecule has 0 radical (unpaired) electrons. The fourth-order valence-electron chi connectivity index (χ4n) is 2.04. The number of hydrogen-bond donors (Lipinski definition) is 2. The number of nitrogens with zero attached hydrogens (tertiary/aromatic N) is 1. The Morgan fingerprint density at radius 2 is 2.00 bits per heavy atom. The molecule has 0 aliphatic carbocycles. The second-order valence-electron chi connectivity index (χ2n) is 4.76. The summed E-state index contributed by atoms with van der Waals surface area (Å²) in [6, 6.07) is 6.46. The van der Waals surface area contributed by atoms with Crippen molar-refractivity contribution in [1.82, 2.24) is 5.32 Å². The molecule has 1 heterocycles. The summed E-state index contributed by atoms with van der Waals surface area (Å²) in [4.78, 5) is 4.25. The van der Waals surface area contributed by atoms with E-state index in [1.807, 2.05) is 0 Å². The fourth-order valence-corrected chi connectivity index (χ4v) is 2.04. The second kappa shape index (κ2) is 4.84. The van der Waals surface area contributed by atoms with Crippen LogP contribution in [0.5, 0.6) is 0 Å². The molecule has 1 aliphatic heterocycles. The molecular formula is C13H18FN3. The van der Waals surface area contributed by atoms with Crippen molar-refractivity contribution in [1.29, 1.82) is 0 Å². The number of aliphatic imine (C=N–C) groups is 1. The van der Waals surface area contributed by atoms with Crippen molar-refractivity contribution in [3.8, 4) is 0 Å². The zero-order chi connectivity index (χ0) is 12.3. The Bertz CT molecular complexity index is 422. The number of para-hydroxylation sites is 1. The molecule has 2 rings (SSSR count). The Balaban J connectivity index is 2.24. The molecule has 0 spiro atoms. The second-order valence-corrected chi connectivity index (χ2v) is 4.76. The van der Waals surface area contributed by atoms with E-state index in [9.17, 15) is 4.39 Å². The number of piperidine rings is 1. The van der Waals surface area contributed by atoms with E-state index in [4.69, 9.17) is 5.73 Å². The topological polar surface area (TPSA) is 50.4 Å². The lowest BCUT2D eigenvalue weighted by atomic mass is 9.80. The van der Waals surface area contributed by atoms with Crippen LogP contribution in [0.2, 0.25) is 0 Å². The predicted octanol–water partition coefficient (Wildman–Crippen LogP) is 2.20. The van der Waals surface area contributed by atoms with Crippen LogP contribution in [-0.2, 0) is 0 Å². The molecule has 1 aliphatic rings. The van der Waals surface area contributed by atoms with E-state index in [1.165, 1.54) is 6.07 Å². The molecule has 4 heteroatoms. The van der Waals surface area contributed by atoms with Crippen LogP contribution in [0.25, 0.3) is 0 Å². The molecule has 1 aromatic rings. The molecule has 0 bridgehead atoms. The summed E-state index contributed by atoms with van der Waals surface area (Å²) in [7, 11) is 0. The van der Waals surface area contributed by atoms with Crippen molar-refractivity contribution < 1.29 is 4.39 Å². The third-order valence-electron chi connectivity index (χ3n) is 3.42. The number of hydrogen-bond acceptors (Lipinski definition) is 2. The summed E-state index contributed by atoms with van der Waals surface area (Å²) >= 11 is 0. The first kappa shape index (κ1) is 12.0. The smallest absolute Gasteiger partial charge is 0.148 e. The molecule has 1 aromatic carbocycles. The van der Waals surface area contributed by atoms with Gasteiger partial charge in [0.05, 0.1) is 0 Å². The zero-order valence-corrected chi connectivity index (χ0v) is 10.0. The van der Waals surface area contributed by atoms with Gasteiger partial charge in [0.25, 0.3) is 0 Å². The van der Waals surface area contributed by atoms with Crippen molar-refractivity contribution >= 4 is 11.5 Å². The minimum Gasteiger partial charge on any atom is -0.387 e. The highest BCUT2D eigenvalue weighted by Crippen LogP contribution is 2.30. The lowest BCUT2D eigenvalue weighted by Gasteiger charge is -2.33. The Hall–Kier alpha value is -1.42. The van der Waals surface area contributed by atoms with E-state index in [2.05, 4.69) is 17.2 Å². The van der Waals surface area contributed by atoms with E-state index in [0.29, 0.717) is 11.5 Å². The number of amidine groups is 1. The van der Waals surface area contributed by atoms with Crippen LogP contribution >= 0.6 is 0 Å². The lowest BCUT2D eigenvalue weighted by Crippen LogP contribution is -2.43. The zero-order valence-electron chi connectivity index (χ0n) is 10.0. The maximum atomic E-state index is 13.5. The quantitative estimate of drug-likeness (QED) is 0.610. The van der Waals surface area contributed by atoms with Gasteiger partial charge < -0.3 is 11.1 Å². The minimum absolute atomic E-state index is 0.118. The molecule has 92 valence electrons. The predicted molar refractivity (Wildman–Crippen MR) is 67.9 cm³/mol. The highest BCUT2D eigenvalue weighted by Gasteiger charge is 2.30. The third kappa shape index (κ3) is 2.64. The van der Waals surface area contributed by atoms with Crippen LogP contribution in [0.15, 0.2) is 29.3 Å². The average molecular weight is 235 g/mol. The van der Waals surface area contributed by atoms with Crippen LogP contribution in [-0.4, -0.2) is 18.9 Å². The van der Waals surface area contributed by atoms with E-state index in [-0.39, 0.29) is 11.2 Å². The largest absolute Gasteiger partial charge is 0.387 e. The lowest BCUT2D eigenvalue weighted by molar-refractivity contribution is 0.326. The summed E-state index contributed by atoms with van der Waals surface area (Å²) < 4.78 is 13.5. The molecule has 1 fully saturated rings. The minimum atomic E-state index is -0.326. The molecular weight excluding hydrogens is 217 g/mol. The first-order valence-corrected chi connectivity index (χ1v) is 5.92. The van der Waals surface area contributed by atoms with Gasteiger partial charge in [-0.15, -0.1) is 0 Å². The van der Waals surface area contributed by atoms with Gasteiger partial charge in [-0.25, -0.2) is 9.38 Å². The Kier molecular flexibility index (Phi) is 3.43. The molecule has 1 saturated heterocycles. The summed E-state index contributed by atoms with van der Waals surface area (Å²) in [5, 5.41) is 3.29. The molecule has 3 N–H and O–H groups in total. The van der Waals surface area contributed by atoms with E-state index < -0.39 is 0 Å². The van der Waals surface area contributed by atoms with Crippen molar-refractivity contribution in [2.75, 3.05) is 13.1 Å². The van der Waals surface area contributed by atoms with Gasteiger partial charge in [-0.1, -0.05) is 19.1 Å². The van der Waals surface area contributed by atoms with Crippen LogP contribution in [0.4, 0.5) is 10.1 Å². The number of rotatable bonds is 2. The van der Waals surface area contributed by atoms with Gasteiger partial charge in [0, 0.05) is 5.41 Å². The van der Waals surface area contributed by atoms with Gasteiger partial charge in [0.1, 0.15) is 17.3 Å². The molecule has 0 aromatic heterocycles. The molecule has 3 nitrogen and oxygen atoms in total. The maximum Gasteiger partial charge on any atom is 0.148 e. The SMILES string of the molecule is CC1(C(N)=Nc2ccccc2F)CCNCC1. The Morgan fingerprint density at radius 1 is 1.35 bits per heavy atom. The number of halogens is 1. The van der Waals surface area contributed by atoms with Gasteiger partial charge in [0.15, 0.2) is 0 Å². The maximum absolute atomic E-state index is 13.5. The van der Waals surface area contributed by atoms with Gasteiger partial charge in [-0.3, -0.25) is 0 Å². The first-order chi connectivity index (χ1) is 8.12. The van der Waals surface area contributed by atoms with Crippen LogP contribution in [0, 0.1) is 11.2 Å². The van der Waals surface area contributed by atoms with Gasteiger partial charge in [-0.05, 0) is 38.1 Å². The number of nitrogens with one attached hydrogen (secondary N) is 1. The standard InChI is InChI=1S/C13H18FN3/c1-13(6-8-16-9-7-13)12(15)17-11-5-3-2-4-10(11)14/h2-5,16H,6-9H2,1H3,(H2,15,17). The Morgan fingerprint density at radius 3 is 2.65 bits per heavy atom. The molecule has 0 amide bonds. The van der Waals surface area contributed by atoms with E-state index >= 15 is 0 Å². The molecule has 0 atom stereocenters. The number of benzene rings is 1.